The van der Waals surface area contributed by atoms with Crippen LogP contribution in [0.25, 0.3) is 0 Å². The molecule has 0 saturated heterocycles. The van der Waals surface area contributed by atoms with Crippen LogP contribution in [0, 0.1) is 0 Å². The molecule has 0 saturated carbocycles. The Labute approximate surface area is 58.6 Å². The Hall–Kier alpha value is -0.110. The predicted octanol–water partition coefficient (Wildman–Crippen LogP) is 2.03. The van der Waals surface area contributed by atoms with E-state index in [0.29, 0.717) is 0 Å². The van der Waals surface area contributed by atoms with Gasteiger partial charge in [0.25, 0.3) is 0 Å². The van der Waals surface area contributed by atoms with Gasteiger partial charge in [-0.15, -0.1) is 0 Å². The number of hydrogen-bond acceptors (Lipinski definition) is 1. The zero-order chi connectivity index (χ0) is 6.41. The van der Waals surface area contributed by atoms with Gasteiger partial charge in [0.15, 0.2) is 0 Å². The van der Waals surface area contributed by atoms with Gasteiger partial charge in [-0.05, 0) is 13.0 Å². The van der Waals surface area contributed by atoms with Crippen LogP contribution in [0.5, 0.6) is 0 Å². The number of halogens is 1. The largest absolute Gasteiger partial charge is 0.292 e. The molecular weight excluding hydrogens is 166 g/mol. The molecule has 0 spiro atoms. The van der Waals surface area contributed by atoms with E-state index in [1.165, 1.54) is 0 Å². The van der Waals surface area contributed by atoms with Crippen molar-refractivity contribution in [1.82, 2.24) is 0 Å². The molecule has 0 unspecified atom stereocenters. The molecule has 0 heterocycles. The molecule has 8 heavy (non-hydrogen) atoms. The van der Waals surface area contributed by atoms with Crippen LogP contribution in [-0.2, 0) is 0 Å². The van der Waals surface area contributed by atoms with E-state index in [9.17, 15) is 0 Å². The topological polar surface area (TPSA) is 12.4 Å². The minimum Gasteiger partial charge on any atom is -0.292 e. The van der Waals surface area contributed by atoms with Gasteiger partial charge in [-0.25, -0.2) is 0 Å². The molecule has 0 bridgehead atoms. The fraction of sp³-hybridized carbons (Fsp3) is 0.500. The summed E-state index contributed by atoms with van der Waals surface area (Å²) in [5.41, 5.74) is 1.08. The van der Waals surface area contributed by atoms with Crippen LogP contribution in [0.3, 0.4) is 0 Å². The molecule has 0 fully saturated rings. The molecule has 0 atom stereocenters. The van der Waals surface area contributed by atoms with E-state index in [0.717, 1.165) is 11.0 Å². The first-order valence-electron chi connectivity index (χ1n) is 2.49. The first-order chi connectivity index (χ1) is 3.85. The second-order valence-electron chi connectivity index (χ2n) is 1.35. The van der Waals surface area contributed by atoms with Crippen LogP contribution in [0.15, 0.2) is 17.1 Å². The molecule has 2 heteroatoms. The van der Waals surface area contributed by atoms with Crippen LogP contribution in [0.2, 0.25) is 0 Å². The lowest BCUT2D eigenvalue weighted by molar-refractivity contribution is 1.43. The maximum Gasteiger partial charge on any atom is 0.0451 e. The fourth-order valence-corrected chi connectivity index (χ4v) is 0.809. The summed E-state index contributed by atoms with van der Waals surface area (Å²) in [6.45, 7) is 1.98. The zero-order valence-corrected chi connectivity index (χ0v) is 6.77. The lowest BCUT2D eigenvalue weighted by Crippen LogP contribution is -1.92. The molecule has 0 radical (unpaired) electrons. The third kappa shape index (κ3) is 2.97. The summed E-state index contributed by atoms with van der Waals surface area (Å²) in [4.78, 5) is 3.98. The molecule has 0 aliphatic rings. The number of alkyl halides is 1. The summed E-state index contributed by atoms with van der Waals surface area (Å²) in [5.74, 6) is 0. The van der Waals surface area contributed by atoms with Crippen molar-refractivity contribution in [3.63, 3.8) is 0 Å². The molecule has 0 aromatic carbocycles. The van der Waals surface area contributed by atoms with Crippen molar-refractivity contribution in [2.75, 3.05) is 12.4 Å². The highest BCUT2D eigenvalue weighted by atomic mass is 79.9. The van der Waals surface area contributed by atoms with E-state index in [1.54, 1.807) is 7.05 Å². The van der Waals surface area contributed by atoms with Crippen molar-refractivity contribution in [3.05, 3.63) is 12.2 Å². The second kappa shape index (κ2) is 5.04. The van der Waals surface area contributed by atoms with Gasteiger partial charge in [0, 0.05) is 18.1 Å². The Morgan fingerprint density at radius 2 is 2.38 bits per heavy atom. The summed E-state index contributed by atoms with van der Waals surface area (Å²) in [7, 11) is 1.79. The summed E-state index contributed by atoms with van der Waals surface area (Å²) in [6.07, 6.45) is 3.96. The fourth-order valence-electron chi connectivity index (χ4n) is 0.371. The van der Waals surface area contributed by atoms with Crippen molar-refractivity contribution >= 4 is 21.6 Å². The third-order valence-corrected chi connectivity index (χ3v) is 1.36. The molecule has 0 aromatic heterocycles. The van der Waals surface area contributed by atoms with E-state index >= 15 is 0 Å². The van der Waals surface area contributed by atoms with Crippen molar-refractivity contribution in [3.8, 4) is 0 Å². The standard InChI is InChI=1S/C6H10BrN/c1-3-4-6(5-7)8-2/h3-4H,5H2,1-2H3/b4-3-,8-6?. The van der Waals surface area contributed by atoms with Crippen LogP contribution < -0.4 is 0 Å². The van der Waals surface area contributed by atoms with E-state index in [4.69, 9.17) is 0 Å². The quantitative estimate of drug-likeness (QED) is 0.450. The van der Waals surface area contributed by atoms with Gasteiger partial charge in [-0.3, -0.25) is 4.99 Å². The van der Waals surface area contributed by atoms with E-state index in [-0.39, 0.29) is 0 Å². The van der Waals surface area contributed by atoms with Crippen molar-refractivity contribution in [2.45, 2.75) is 6.92 Å². The lowest BCUT2D eigenvalue weighted by Gasteiger charge is -1.87. The van der Waals surface area contributed by atoms with Crippen molar-refractivity contribution in [2.24, 2.45) is 4.99 Å². The smallest absolute Gasteiger partial charge is 0.0451 e. The third-order valence-electron chi connectivity index (χ3n) is 0.783. The highest BCUT2D eigenvalue weighted by molar-refractivity contribution is 9.09. The van der Waals surface area contributed by atoms with Crippen LogP contribution in [-0.4, -0.2) is 18.1 Å². The molecule has 0 amide bonds. The van der Waals surface area contributed by atoms with Gasteiger partial charge in [-0.2, -0.15) is 0 Å². The minimum absolute atomic E-state index is 0.841. The van der Waals surface area contributed by atoms with Crippen LogP contribution in [0.4, 0.5) is 0 Å². The highest BCUT2D eigenvalue weighted by Gasteiger charge is 1.83. The SMILES string of the molecule is C/C=C\C(CBr)=NC. The molecule has 46 valence electrons. The van der Waals surface area contributed by atoms with Gasteiger partial charge < -0.3 is 0 Å². The van der Waals surface area contributed by atoms with Gasteiger partial charge in [0.2, 0.25) is 0 Å². The van der Waals surface area contributed by atoms with E-state index in [1.807, 2.05) is 19.1 Å². The summed E-state index contributed by atoms with van der Waals surface area (Å²) in [6, 6.07) is 0. The number of hydrogen-bond donors (Lipinski definition) is 0. The normalized spacial score (nSPS) is 13.1. The number of rotatable bonds is 2. The number of aliphatic imine (C=N–C) groups is 1. The summed E-state index contributed by atoms with van der Waals surface area (Å²) >= 11 is 3.29. The maximum atomic E-state index is 3.98. The molecule has 1 nitrogen and oxygen atoms in total. The Bertz CT molecular complexity index is 102. The molecule has 0 aliphatic heterocycles. The Kier molecular flexibility index (Phi) is 4.97. The molecular formula is C6H10BrN. The number of nitrogens with zero attached hydrogens (tertiary/aromatic N) is 1. The summed E-state index contributed by atoms with van der Waals surface area (Å²) in [5, 5.41) is 0.841. The molecule has 0 rings (SSSR count). The van der Waals surface area contributed by atoms with Gasteiger partial charge in [0.1, 0.15) is 0 Å². The van der Waals surface area contributed by atoms with Crippen molar-refractivity contribution in [1.29, 1.82) is 0 Å². The minimum atomic E-state index is 0.841. The van der Waals surface area contributed by atoms with Gasteiger partial charge in [-0.1, -0.05) is 22.0 Å². The first-order valence-corrected chi connectivity index (χ1v) is 3.61. The Morgan fingerprint density at radius 1 is 1.75 bits per heavy atom. The molecule has 0 N–H and O–H groups in total. The van der Waals surface area contributed by atoms with Crippen molar-refractivity contribution < 1.29 is 0 Å². The molecule has 0 aromatic rings. The second-order valence-corrected chi connectivity index (χ2v) is 1.91. The maximum absolute atomic E-state index is 3.98. The highest BCUT2D eigenvalue weighted by Crippen LogP contribution is 1.86. The Morgan fingerprint density at radius 3 is 2.50 bits per heavy atom. The van der Waals surface area contributed by atoms with E-state index < -0.39 is 0 Å². The lowest BCUT2D eigenvalue weighted by atomic mass is 10.4. The average Bonchev–Trinajstić information content (AvgIpc) is 1.83. The monoisotopic (exact) mass is 175 g/mol. The molecule has 0 aliphatic carbocycles. The average molecular weight is 176 g/mol. The Balaban J connectivity index is 3.72. The van der Waals surface area contributed by atoms with Crippen LogP contribution >= 0.6 is 15.9 Å². The zero-order valence-electron chi connectivity index (χ0n) is 5.19. The first kappa shape index (κ1) is 7.89. The predicted molar refractivity (Wildman–Crippen MR) is 42.0 cm³/mol. The summed E-state index contributed by atoms with van der Waals surface area (Å²) < 4.78 is 0. The number of allylic oxidation sites excluding steroid dienone is 2. The van der Waals surface area contributed by atoms with Gasteiger partial charge >= 0.3 is 0 Å². The van der Waals surface area contributed by atoms with Gasteiger partial charge in [0.05, 0.1) is 0 Å². The van der Waals surface area contributed by atoms with Crippen LogP contribution in [0.1, 0.15) is 6.92 Å². The van der Waals surface area contributed by atoms with E-state index in [2.05, 4.69) is 20.9 Å².